The number of ether oxygens (including phenoxy) is 1. The Balaban J connectivity index is 0.00000169. The lowest BCUT2D eigenvalue weighted by Crippen LogP contribution is -2.10. The fourth-order valence-electron chi connectivity index (χ4n) is 1.18. The number of benzene rings is 1. The number of para-hydroxylation sites is 1. The second-order valence-corrected chi connectivity index (χ2v) is 2.71. The van der Waals surface area contributed by atoms with Gasteiger partial charge in [-0.2, -0.15) is 5.26 Å². The summed E-state index contributed by atoms with van der Waals surface area (Å²) in [6.45, 7) is 0. The van der Waals surface area contributed by atoms with Gasteiger partial charge in [0, 0.05) is 11.6 Å². The van der Waals surface area contributed by atoms with Crippen molar-refractivity contribution in [2.24, 2.45) is 5.73 Å². The van der Waals surface area contributed by atoms with Gasteiger partial charge in [0.25, 0.3) is 0 Å². The zero-order chi connectivity index (χ0) is 9.68. The Labute approximate surface area is 89.9 Å². The summed E-state index contributed by atoms with van der Waals surface area (Å²) in [4.78, 5) is 0. The summed E-state index contributed by atoms with van der Waals surface area (Å²) in [7, 11) is 1.60. The number of nitriles is 1. The summed E-state index contributed by atoms with van der Waals surface area (Å²) < 4.78 is 5.12. The molecule has 0 aliphatic rings. The molecule has 0 heterocycles. The summed E-state index contributed by atoms with van der Waals surface area (Å²) in [6.07, 6.45) is 0.306. The molecule has 0 amide bonds. The van der Waals surface area contributed by atoms with Crippen LogP contribution in [0.4, 0.5) is 0 Å². The Morgan fingerprint density at radius 2 is 2.14 bits per heavy atom. The van der Waals surface area contributed by atoms with Crippen molar-refractivity contribution < 1.29 is 4.74 Å². The third-order valence-corrected chi connectivity index (χ3v) is 1.85. The first kappa shape index (κ1) is 12.8. The number of rotatable bonds is 3. The molecule has 0 spiro atoms. The molecule has 0 unspecified atom stereocenters. The Morgan fingerprint density at radius 3 is 2.71 bits per heavy atom. The lowest BCUT2D eigenvalue weighted by atomic mass is 10.0. The summed E-state index contributed by atoms with van der Waals surface area (Å²) in [5.74, 6) is 0.741. The van der Waals surface area contributed by atoms with Crippen LogP contribution in [-0.2, 0) is 0 Å². The molecule has 2 N–H and O–H groups in total. The van der Waals surface area contributed by atoms with Crippen molar-refractivity contribution in [2.75, 3.05) is 7.11 Å². The van der Waals surface area contributed by atoms with Crippen LogP contribution in [-0.4, -0.2) is 7.11 Å². The first-order chi connectivity index (χ1) is 6.29. The van der Waals surface area contributed by atoms with Gasteiger partial charge in [-0.1, -0.05) is 18.2 Å². The predicted octanol–water partition coefficient (Wildman–Crippen LogP) is 2.03. The van der Waals surface area contributed by atoms with Crippen molar-refractivity contribution in [3.63, 3.8) is 0 Å². The topological polar surface area (TPSA) is 59.0 Å². The van der Waals surface area contributed by atoms with E-state index in [1.165, 1.54) is 0 Å². The number of nitrogens with two attached hydrogens (primary N) is 1. The lowest BCUT2D eigenvalue weighted by Gasteiger charge is -2.12. The van der Waals surface area contributed by atoms with Crippen LogP contribution in [0.5, 0.6) is 5.75 Å². The normalized spacial score (nSPS) is 10.9. The van der Waals surface area contributed by atoms with E-state index in [-0.39, 0.29) is 18.4 Å². The highest BCUT2D eigenvalue weighted by molar-refractivity contribution is 5.85. The van der Waals surface area contributed by atoms with E-state index in [1.807, 2.05) is 30.3 Å². The van der Waals surface area contributed by atoms with Crippen molar-refractivity contribution in [2.45, 2.75) is 12.5 Å². The molecule has 0 saturated carbocycles. The molecule has 3 nitrogen and oxygen atoms in total. The molecular formula is C10H13ClN2O. The predicted molar refractivity (Wildman–Crippen MR) is 57.4 cm³/mol. The van der Waals surface area contributed by atoms with Gasteiger partial charge in [-0.15, -0.1) is 12.4 Å². The molecule has 1 aromatic rings. The second kappa shape index (κ2) is 6.25. The molecule has 0 aliphatic carbocycles. The van der Waals surface area contributed by atoms with Crippen LogP contribution in [0.15, 0.2) is 24.3 Å². The first-order valence-electron chi connectivity index (χ1n) is 4.05. The van der Waals surface area contributed by atoms with Crippen molar-refractivity contribution in [3.05, 3.63) is 29.8 Å². The second-order valence-electron chi connectivity index (χ2n) is 2.71. The summed E-state index contributed by atoms with van der Waals surface area (Å²) in [5.41, 5.74) is 6.66. The van der Waals surface area contributed by atoms with E-state index in [9.17, 15) is 0 Å². The minimum Gasteiger partial charge on any atom is -0.496 e. The number of nitrogens with zero attached hydrogens (tertiary/aromatic N) is 1. The van der Waals surface area contributed by atoms with Crippen LogP contribution in [0.25, 0.3) is 0 Å². The van der Waals surface area contributed by atoms with Crippen LogP contribution in [0.2, 0.25) is 0 Å². The molecule has 4 heteroatoms. The Kier molecular flexibility index (Phi) is 5.70. The van der Waals surface area contributed by atoms with Gasteiger partial charge in [0.15, 0.2) is 0 Å². The zero-order valence-electron chi connectivity index (χ0n) is 7.93. The molecule has 0 aliphatic heterocycles. The van der Waals surface area contributed by atoms with E-state index >= 15 is 0 Å². The maximum Gasteiger partial charge on any atom is 0.123 e. The minimum absolute atomic E-state index is 0. The SMILES string of the molecule is COc1ccccc1[C@@H](N)CC#N.Cl. The Hall–Kier alpha value is -1.24. The van der Waals surface area contributed by atoms with Crippen LogP contribution >= 0.6 is 12.4 Å². The highest BCUT2D eigenvalue weighted by Crippen LogP contribution is 2.24. The molecule has 1 atom stereocenters. The third-order valence-electron chi connectivity index (χ3n) is 1.85. The van der Waals surface area contributed by atoms with E-state index in [0.717, 1.165) is 11.3 Å². The average Bonchev–Trinajstić information content (AvgIpc) is 2.18. The van der Waals surface area contributed by atoms with Gasteiger partial charge in [-0.05, 0) is 6.07 Å². The average molecular weight is 213 g/mol. The smallest absolute Gasteiger partial charge is 0.123 e. The van der Waals surface area contributed by atoms with E-state index in [4.69, 9.17) is 15.7 Å². The highest BCUT2D eigenvalue weighted by Gasteiger charge is 2.09. The summed E-state index contributed by atoms with van der Waals surface area (Å²) >= 11 is 0. The highest BCUT2D eigenvalue weighted by atomic mass is 35.5. The van der Waals surface area contributed by atoms with Gasteiger partial charge in [-0.25, -0.2) is 0 Å². The van der Waals surface area contributed by atoms with Crippen molar-refractivity contribution in [1.29, 1.82) is 5.26 Å². The summed E-state index contributed by atoms with van der Waals surface area (Å²) in [6, 6.07) is 9.25. The minimum atomic E-state index is -0.263. The standard InChI is InChI=1S/C10H12N2O.ClH/c1-13-10-5-3-2-4-8(10)9(12)6-7-11;/h2-5,9H,6,12H2,1H3;1H/t9-;/m0./s1. The van der Waals surface area contributed by atoms with Crippen molar-refractivity contribution in [3.8, 4) is 11.8 Å². The van der Waals surface area contributed by atoms with Crippen LogP contribution in [0, 0.1) is 11.3 Å². The molecule has 0 radical (unpaired) electrons. The number of halogens is 1. The lowest BCUT2D eigenvalue weighted by molar-refractivity contribution is 0.406. The van der Waals surface area contributed by atoms with Crippen molar-refractivity contribution in [1.82, 2.24) is 0 Å². The molecule has 1 aromatic carbocycles. The van der Waals surface area contributed by atoms with Gasteiger partial charge in [0.2, 0.25) is 0 Å². The number of hydrogen-bond acceptors (Lipinski definition) is 3. The molecular weight excluding hydrogens is 200 g/mol. The summed E-state index contributed by atoms with van der Waals surface area (Å²) in [5, 5.41) is 8.49. The number of hydrogen-bond donors (Lipinski definition) is 1. The zero-order valence-corrected chi connectivity index (χ0v) is 8.75. The monoisotopic (exact) mass is 212 g/mol. The maximum atomic E-state index is 8.49. The molecule has 0 saturated heterocycles. The van der Waals surface area contributed by atoms with Gasteiger partial charge in [0.05, 0.1) is 19.6 Å². The molecule has 0 bridgehead atoms. The Bertz CT molecular complexity index is 322. The van der Waals surface area contributed by atoms with Gasteiger partial charge < -0.3 is 10.5 Å². The van der Waals surface area contributed by atoms with E-state index in [0.29, 0.717) is 6.42 Å². The van der Waals surface area contributed by atoms with Crippen LogP contribution in [0.1, 0.15) is 18.0 Å². The Morgan fingerprint density at radius 1 is 1.50 bits per heavy atom. The molecule has 0 aromatic heterocycles. The fourth-order valence-corrected chi connectivity index (χ4v) is 1.18. The van der Waals surface area contributed by atoms with E-state index < -0.39 is 0 Å². The first-order valence-corrected chi connectivity index (χ1v) is 4.05. The van der Waals surface area contributed by atoms with E-state index in [1.54, 1.807) is 7.11 Å². The quantitative estimate of drug-likeness (QED) is 0.834. The third kappa shape index (κ3) is 2.91. The van der Waals surface area contributed by atoms with Gasteiger partial charge in [-0.3, -0.25) is 0 Å². The van der Waals surface area contributed by atoms with Gasteiger partial charge >= 0.3 is 0 Å². The van der Waals surface area contributed by atoms with Crippen molar-refractivity contribution >= 4 is 12.4 Å². The maximum absolute atomic E-state index is 8.49. The van der Waals surface area contributed by atoms with E-state index in [2.05, 4.69) is 0 Å². The largest absolute Gasteiger partial charge is 0.496 e. The van der Waals surface area contributed by atoms with Crippen LogP contribution in [0.3, 0.4) is 0 Å². The number of methoxy groups -OCH3 is 1. The van der Waals surface area contributed by atoms with Crippen LogP contribution < -0.4 is 10.5 Å². The molecule has 76 valence electrons. The molecule has 14 heavy (non-hydrogen) atoms. The molecule has 0 fully saturated rings. The van der Waals surface area contributed by atoms with Gasteiger partial charge in [0.1, 0.15) is 5.75 Å². The fraction of sp³-hybridized carbons (Fsp3) is 0.300. The molecule has 1 rings (SSSR count).